The summed E-state index contributed by atoms with van der Waals surface area (Å²) in [5.74, 6) is 0.451. The minimum absolute atomic E-state index is 0.0271. The molecule has 0 fully saturated rings. The van der Waals surface area contributed by atoms with Crippen molar-refractivity contribution in [1.29, 1.82) is 0 Å². The average molecular weight is 675 g/mol. The molecule has 4 rings (SSSR count). The zero-order chi connectivity index (χ0) is 33.1. The number of aromatic nitrogens is 6. The molecule has 0 saturated carbocycles. The minimum Gasteiger partial charge on any atom is -0.368 e. The summed E-state index contributed by atoms with van der Waals surface area (Å²) in [7, 11) is -4.69. The van der Waals surface area contributed by atoms with E-state index < -0.39 is 15.0 Å². The Balaban J connectivity index is 1.60. The lowest BCUT2D eigenvalue weighted by molar-refractivity contribution is -0.432. The largest absolute Gasteiger partial charge is 0.368 e. The maximum atomic E-state index is 12.3. The zero-order valence-electron chi connectivity index (χ0n) is 23.8. The molecule has 22 heteroatoms. The molecule has 2 aromatic carbocycles. The van der Waals surface area contributed by atoms with Crippen molar-refractivity contribution in [2.24, 2.45) is 11.5 Å². The average Bonchev–Trinajstić information content (AvgIpc) is 3.00. The van der Waals surface area contributed by atoms with Gasteiger partial charge in [-0.05, 0) is 35.4 Å². The predicted octanol–water partition coefficient (Wildman–Crippen LogP) is 1.29. The Morgan fingerprint density at radius 1 is 0.761 bits per heavy atom. The molecule has 2 heterocycles. The predicted molar refractivity (Wildman–Crippen MR) is 172 cm³/mol. The molecule has 0 spiro atoms. The monoisotopic (exact) mass is 674 g/mol. The Bertz CT molecular complexity index is 1800. The second-order valence-corrected chi connectivity index (χ2v) is 11.0. The van der Waals surface area contributed by atoms with Crippen LogP contribution >= 0.6 is 12.0 Å². The Kier molecular flexibility index (Phi) is 11.7. The second kappa shape index (κ2) is 15.9. The van der Waals surface area contributed by atoms with Crippen molar-refractivity contribution < 1.29 is 27.6 Å². The number of hydrogen-bond acceptors (Lipinski definition) is 20. The highest BCUT2D eigenvalue weighted by atomic mass is 32.2. The van der Waals surface area contributed by atoms with Crippen LogP contribution in [0, 0.1) is 0 Å². The number of nitrogens with two attached hydrogens (primary N) is 4. The number of nitrogens with zero attached hydrogens (tertiary/aromatic N) is 6. The van der Waals surface area contributed by atoms with Gasteiger partial charge in [0.15, 0.2) is 0 Å². The van der Waals surface area contributed by atoms with E-state index in [1.165, 1.54) is 18.2 Å². The molecule has 0 aliphatic heterocycles. The molecular weight excluding hydrogens is 644 g/mol. The molecule has 2 aromatic heterocycles. The number of hydrogen-bond donors (Lipinski definition) is 10. The normalized spacial score (nSPS) is 11.5. The Morgan fingerprint density at radius 2 is 1.26 bits per heavy atom. The van der Waals surface area contributed by atoms with Gasteiger partial charge in [-0.25, -0.2) is 5.26 Å². The molecule has 244 valence electrons. The standard InChI is InChI=1S/C24H30N14O6S2/c25-7-9-29-21-33-19(27)35-23(37-21)31-15-5-3-13(17(11-15)45-44-43-39)1-2-14-4-6-16(12-18(14)46(40,41)42)32-24-36-20(28)34-22(38-24)30-10-8-26/h1-6,11-12,39H,7-10,25-26H2,(H,40,41,42)(H4,27,29,31,33,35,37)(H4,28,30,32,34,36,38)/b2-1+. The molecule has 0 bridgehead atoms. The summed E-state index contributed by atoms with van der Waals surface area (Å²) < 4.78 is 39.3. The third-order valence-electron chi connectivity index (χ3n) is 5.57. The first kappa shape index (κ1) is 33.9. The lowest BCUT2D eigenvalue weighted by Crippen LogP contribution is -2.16. The lowest BCUT2D eigenvalue weighted by atomic mass is 10.1. The topological polar surface area (TPSA) is 323 Å². The third kappa shape index (κ3) is 9.78. The number of nitrogen functional groups attached to an aromatic ring is 2. The van der Waals surface area contributed by atoms with Crippen LogP contribution in [0.5, 0.6) is 0 Å². The Hall–Kier alpha value is -4.94. The van der Waals surface area contributed by atoms with Gasteiger partial charge in [0.25, 0.3) is 10.1 Å². The fraction of sp³-hybridized carbons (Fsp3) is 0.167. The number of anilines is 8. The molecule has 0 aliphatic rings. The van der Waals surface area contributed by atoms with Crippen molar-refractivity contribution in [2.45, 2.75) is 9.79 Å². The summed E-state index contributed by atoms with van der Waals surface area (Å²) in [5.41, 5.74) is 23.9. The lowest BCUT2D eigenvalue weighted by Gasteiger charge is -2.11. The van der Waals surface area contributed by atoms with Crippen molar-refractivity contribution in [3.8, 4) is 0 Å². The van der Waals surface area contributed by atoms with Crippen molar-refractivity contribution in [2.75, 3.05) is 58.9 Å². The van der Waals surface area contributed by atoms with E-state index in [-0.39, 0.29) is 46.9 Å². The first-order valence-electron chi connectivity index (χ1n) is 13.1. The molecule has 0 aliphatic carbocycles. The van der Waals surface area contributed by atoms with Gasteiger partial charge in [0.1, 0.15) is 4.90 Å². The molecule has 14 N–H and O–H groups in total. The van der Waals surface area contributed by atoms with E-state index in [2.05, 4.69) is 60.5 Å². The molecule has 46 heavy (non-hydrogen) atoms. The molecule has 0 atom stereocenters. The quantitative estimate of drug-likeness (QED) is 0.0263. The van der Waals surface area contributed by atoms with E-state index in [0.717, 1.165) is 0 Å². The van der Waals surface area contributed by atoms with Gasteiger partial charge in [-0.1, -0.05) is 29.3 Å². The third-order valence-corrected chi connectivity index (χ3v) is 7.15. The molecule has 0 unspecified atom stereocenters. The van der Waals surface area contributed by atoms with Crippen LogP contribution in [-0.2, 0) is 19.5 Å². The van der Waals surface area contributed by atoms with Gasteiger partial charge in [-0.15, -0.1) is 4.33 Å². The maximum Gasteiger partial charge on any atom is 0.295 e. The van der Waals surface area contributed by atoms with Gasteiger partial charge < -0.3 is 44.2 Å². The number of rotatable bonds is 16. The van der Waals surface area contributed by atoms with Crippen molar-refractivity contribution >= 4 is 81.4 Å². The van der Waals surface area contributed by atoms with E-state index in [4.69, 9.17) is 28.2 Å². The van der Waals surface area contributed by atoms with Crippen LogP contribution in [0.1, 0.15) is 11.1 Å². The van der Waals surface area contributed by atoms with E-state index in [1.807, 2.05) is 0 Å². The van der Waals surface area contributed by atoms with Crippen molar-refractivity contribution in [3.63, 3.8) is 0 Å². The smallest absolute Gasteiger partial charge is 0.295 e. The highest BCUT2D eigenvalue weighted by Gasteiger charge is 2.16. The molecular formula is C24H30N14O6S2. The van der Waals surface area contributed by atoms with E-state index in [0.29, 0.717) is 54.4 Å². The maximum absolute atomic E-state index is 12.3. The molecule has 20 nitrogen and oxygen atoms in total. The van der Waals surface area contributed by atoms with Crippen molar-refractivity contribution in [3.05, 3.63) is 47.5 Å². The van der Waals surface area contributed by atoms with Crippen LogP contribution in [0.2, 0.25) is 0 Å². The van der Waals surface area contributed by atoms with Crippen LogP contribution in [0.4, 0.5) is 47.1 Å². The highest BCUT2D eigenvalue weighted by molar-refractivity contribution is 7.94. The summed E-state index contributed by atoms with van der Waals surface area (Å²) in [6.45, 7) is 1.49. The Morgan fingerprint density at radius 3 is 1.78 bits per heavy atom. The van der Waals surface area contributed by atoms with Crippen LogP contribution < -0.4 is 44.2 Å². The van der Waals surface area contributed by atoms with Gasteiger partial charge in [0.2, 0.25) is 35.7 Å². The summed E-state index contributed by atoms with van der Waals surface area (Å²) >= 11 is 0.658. The van der Waals surface area contributed by atoms with E-state index in [1.54, 1.807) is 30.3 Å². The van der Waals surface area contributed by atoms with Gasteiger partial charge in [0.05, 0.1) is 12.0 Å². The van der Waals surface area contributed by atoms with Gasteiger partial charge >= 0.3 is 0 Å². The molecule has 0 radical (unpaired) electrons. The second-order valence-electron chi connectivity index (χ2n) is 8.90. The first-order valence-corrected chi connectivity index (χ1v) is 15.3. The summed E-state index contributed by atoms with van der Waals surface area (Å²) in [6, 6.07) is 9.14. The SMILES string of the molecule is NCCNc1nc(N)nc(Nc2ccc(/C=C/c3ccc(Nc4nc(N)nc(NCCN)n4)cc3S(=O)(=O)O)c(SOOO)c2)n1. The fourth-order valence-corrected chi connectivity index (χ4v) is 4.93. The van der Waals surface area contributed by atoms with Crippen LogP contribution in [-0.4, -0.2) is 74.3 Å². The number of benzene rings is 2. The van der Waals surface area contributed by atoms with Gasteiger partial charge in [0, 0.05) is 42.4 Å². The summed E-state index contributed by atoms with van der Waals surface area (Å²) in [5, 5.41) is 24.1. The molecule has 4 aromatic rings. The van der Waals surface area contributed by atoms with Crippen LogP contribution in [0.25, 0.3) is 12.2 Å². The summed E-state index contributed by atoms with van der Waals surface area (Å²) in [4.78, 5) is 24.4. The van der Waals surface area contributed by atoms with Crippen LogP contribution in [0.15, 0.2) is 46.2 Å². The molecule has 0 amide bonds. The number of nitrogens with one attached hydrogen (secondary N) is 4. The Labute approximate surface area is 266 Å². The van der Waals surface area contributed by atoms with E-state index in [9.17, 15) is 13.0 Å². The minimum atomic E-state index is -4.69. The zero-order valence-corrected chi connectivity index (χ0v) is 25.4. The molecule has 0 saturated heterocycles. The first-order chi connectivity index (χ1) is 22.1. The van der Waals surface area contributed by atoms with Crippen LogP contribution in [0.3, 0.4) is 0 Å². The van der Waals surface area contributed by atoms with Gasteiger partial charge in [-0.3, -0.25) is 4.55 Å². The van der Waals surface area contributed by atoms with E-state index >= 15 is 0 Å². The summed E-state index contributed by atoms with van der Waals surface area (Å²) in [6.07, 6.45) is 3.01. The van der Waals surface area contributed by atoms with Gasteiger partial charge in [-0.2, -0.15) is 38.3 Å². The highest BCUT2D eigenvalue weighted by Crippen LogP contribution is 2.31. The fourth-order valence-electron chi connectivity index (χ4n) is 3.71. The van der Waals surface area contributed by atoms with Crippen molar-refractivity contribution in [1.82, 2.24) is 29.9 Å².